The molecule has 2 N–H and O–H groups in total. The fourth-order valence-corrected chi connectivity index (χ4v) is 4.54. The summed E-state index contributed by atoms with van der Waals surface area (Å²) < 4.78 is 34.1. The van der Waals surface area contributed by atoms with Crippen LogP contribution in [0.3, 0.4) is 0 Å². The third-order valence-corrected chi connectivity index (χ3v) is 6.54. The van der Waals surface area contributed by atoms with Crippen LogP contribution in [0.5, 0.6) is 0 Å². The van der Waals surface area contributed by atoms with Crippen molar-refractivity contribution < 1.29 is 12.8 Å². The van der Waals surface area contributed by atoms with E-state index in [9.17, 15) is 8.42 Å². The van der Waals surface area contributed by atoms with Crippen molar-refractivity contribution in [3.63, 3.8) is 0 Å². The average molecular weight is 445 g/mol. The lowest BCUT2D eigenvalue weighted by molar-refractivity contribution is 0.601. The monoisotopic (exact) mass is 444 g/mol. The van der Waals surface area contributed by atoms with Crippen molar-refractivity contribution in [2.75, 3.05) is 4.72 Å². The number of aryl methyl sites for hydroxylation is 2. The lowest BCUT2D eigenvalue weighted by Gasteiger charge is -2.10. The molecule has 2 heterocycles. The molecule has 0 aliphatic heterocycles. The van der Waals surface area contributed by atoms with Crippen LogP contribution in [0.1, 0.15) is 11.1 Å². The Morgan fingerprint density at radius 1 is 0.938 bits per heavy atom. The van der Waals surface area contributed by atoms with Crippen LogP contribution in [0.4, 0.5) is 5.69 Å². The predicted octanol–water partition coefficient (Wildman–Crippen LogP) is 5.30. The van der Waals surface area contributed by atoms with E-state index in [4.69, 9.17) is 4.42 Å². The van der Waals surface area contributed by atoms with Crippen LogP contribution in [0, 0.1) is 13.8 Å². The van der Waals surface area contributed by atoms with E-state index in [-0.39, 0.29) is 4.90 Å². The van der Waals surface area contributed by atoms with Crippen LogP contribution in [0.25, 0.3) is 33.8 Å². The molecule has 2 aromatic heterocycles. The van der Waals surface area contributed by atoms with Gasteiger partial charge in [0.05, 0.1) is 22.3 Å². The molecule has 5 rings (SSSR count). The number of hydrogen-bond donors (Lipinski definition) is 2. The second-order valence-corrected chi connectivity index (χ2v) is 9.33. The van der Waals surface area contributed by atoms with Crippen LogP contribution in [-0.4, -0.2) is 23.6 Å². The van der Waals surface area contributed by atoms with Crippen molar-refractivity contribution >= 4 is 26.8 Å². The van der Waals surface area contributed by atoms with E-state index < -0.39 is 10.0 Å². The van der Waals surface area contributed by atoms with Crippen molar-refractivity contribution in [2.24, 2.45) is 0 Å². The molecule has 0 saturated carbocycles. The second kappa shape index (κ2) is 7.65. The van der Waals surface area contributed by atoms with Gasteiger partial charge in [-0.2, -0.15) is 5.10 Å². The first-order valence-electron chi connectivity index (χ1n) is 10.00. The molecule has 0 aliphatic rings. The Bertz CT molecular complexity index is 1530. The first-order chi connectivity index (χ1) is 15.4. The zero-order valence-corrected chi connectivity index (χ0v) is 18.3. The molecule has 160 valence electrons. The van der Waals surface area contributed by atoms with Crippen LogP contribution in [-0.2, 0) is 10.0 Å². The largest absolute Gasteiger partial charge is 0.436 e. The highest BCUT2D eigenvalue weighted by atomic mass is 32.2. The number of nitrogens with zero attached hydrogens (tertiary/aromatic N) is 2. The van der Waals surface area contributed by atoms with Crippen LogP contribution in [0.15, 0.2) is 82.2 Å². The van der Waals surface area contributed by atoms with Crippen LogP contribution >= 0.6 is 0 Å². The summed E-state index contributed by atoms with van der Waals surface area (Å²) >= 11 is 0. The van der Waals surface area contributed by atoms with E-state index in [2.05, 4.69) is 19.9 Å². The third-order valence-electron chi connectivity index (χ3n) is 5.15. The Labute approximate surface area is 185 Å². The summed E-state index contributed by atoms with van der Waals surface area (Å²) in [6.07, 6.45) is 1.65. The summed E-state index contributed by atoms with van der Waals surface area (Å²) in [5, 5.41) is 7.14. The van der Waals surface area contributed by atoms with Gasteiger partial charge in [0.2, 0.25) is 5.89 Å². The minimum atomic E-state index is -3.71. The van der Waals surface area contributed by atoms with Gasteiger partial charge in [0, 0.05) is 11.3 Å². The molecule has 32 heavy (non-hydrogen) atoms. The van der Waals surface area contributed by atoms with Crippen molar-refractivity contribution in [2.45, 2.75) is 18.7 Å². The number of rotatable bonds is 5. The van der Waals surface area contributed by atoms with E-state index >= 15 is 0 Å². The molecule has 3 aromatic carbocycles. The van der Waals surface area contributed by atoms with E-state index in [1.165, 1.54) is 0 Å². The maximum atomic E-state index is 12.8. The zero-order chi connectivity index (χ0) is 22.3. The molecule has 7 nitrogen and oxygen atoms in total. The highest BCUT2D eigenvalue weighted by Crippen LogP contribution is 2.33. The van der Waals surface area contributed by atoms with Crippen molar-refractivity contribution in [3.8, 4) is 22.7 Å². The fourth-order valence-electron chi connectivity index (χ4n) is 3.49. The van der Waals surface area contributed by atoms with Gasteiger partial charge in [-0.3, -0.25) is 9.82 Å². The van der Waals surface area contributed by atoms with E-state index in [0.29, 0.717) is 28.4 Å². The number of fused-ring (bicyclic) bond motifs is 1. The molecular formula is C24H20N4O3S. The summed E-state index contributed by atoms with van der Waals surface area (Å²) in [6, 6.07) is 19.6. The number of oxazole rings is 1. The smallest absolute Gasteiger partial charge is 0.261 e. The molecule has 0 bridgehead atoms. The number of hydrogen-bond acceptors (Lipinski definition) is 5. The van der Waals surface area contributed by atoms with Gasteiger partial charge in [-0.05, 0) is 55.8 Å². The number of sulfonamides is 1. The standard InChI is InChI=1S/C24H20N4O3S/c1-15-6-9-19(10-7-15)32(29,30)28-18-5-3-4-17(13-18)23-20(14-25-27-23)24-26-21-12-16(2)8-11-22(21)31-24/h3-14,28H,1-2H3,(H,25,27). The Kier molecular flexibility index (Phi) is 4.79. The Morgan fingerprint density at radius 3 is 2.53 bits per heavy atom. The van der Waals surface area contributed by atoms with Gasteiger partial charge < -0.3 is 4.42 Å². The minimum Gasteiger partial charge on any atom is -0.436 e. The van der Waals surface area contributed by atoms with Gasteiger partial charge >= 0.3 is 0 Å². The molecule has 5 aromatic rings. The lowest BCUT2D eigenvalue weighted by Crippen LogP contribution is -2.12. The number of H-pyrrole nitrogens is 1. The maximum Gasteiger partial charge on any atom is 0.261 e. The third kappa shape index (κ3) is 3.76. The summed E-state index contributed by atoms with van der Waals surface area (Å²) in [4.78, 5) is 4.80. The minimum absolute atomic E-state index is 0.206. The molecule has 0 amide bonds. The number of nitrogens with one attached hydrogen (secondary N) is 2. The highest BCUT2D eigenvalue weighted by molar-refractivity contribution is 7.92. The van der Waals surface area contributed by atoms with Crippen molar-refractivity contribution in [1.29, 1.82) is 0 Å². The van der Waals surface area contributed by atoms with Crippen molar-refractivity contribution in [3.05, 3.63) is 84.1 Å². The maximum absolute atomic E-state index is 12.8. The lowest BCUT2D eigenvalue weighted by atomic mass is 10.1. The fraction of sp³-hybridized carbons (Fsp3) is 0.0833. The van der Waals surface area contributed by atoms with Gasteiger partial charge in [0.1, 0.15) is 5.52 Å². The predicted molar refractivity (Wildman–Crippen MR) is 124 cm³/mol. The molecule has 8 heteroatoms. The zero-order valence-electron chi connectivity index (χ0n) is 17.5. The van der Waals surface area contributed by atoms with Gasteiger partial charge in [0.25, 0.3) is 10.0 Å². The first kappa shape index (κ1) is 20.0. The van der Waals surface area contributed by atoms with E-state index in [0.717, 1.165) is 22.2 Å². The molecule has 0 fully saturated rings. The summed E-state index contributed by atoms with van der Waals surface area (Å²) in [5.41, 5.74) is 6.12. The molecule has 0 radical (unpaired) electrons. The Morgan fingerprint density at radius 2 is 1.72 bits per heavy atom. The summed E-state index contributed by atoms with van der Waals surface area (Å²) in [7, 11) is -3.71. The number of anilines is 1. The van der Waals surface area contributed by atoms with Crippen LogP contribution < -0.4 is 4.72 Å². The molecule has 0 spiro atoms. The van der Waals surface area contributed by atoms with E-state index in [1.54, 1.807) is 48.7 Å². The summed E-state index contributed by atoms with van der Waals surface area (Å²) in [5.74, 6) is 0.444. The molecule has 0 saturated heterocycles. The number of benzene rings is 3. The second-order valence-electron chi connectivity index (χ2n) is 7.65. The SMILES string of the molecule is Cc1ccc(S(=O)(=O)Nc2cccc(-c3[nH]ncc3-c3nc4cc(C)ccc4o3)c2)cc1. The Hall–Kier alpha value is -3.91. The van der Waals surface area contributed by atoms with E-state index in [1.807, 2.05) is 38.1 Å². The highest BCUT2D eigenvalue weighted by Gasteiger charge is 2.18. The number of aromatic nitrogens is 3. The normalized spacial score (nSPS) is 11.7. The first-order valence-corrected chi connectivity index (χ1v) is 11.5. The quantitative estimate of drug-likeness (QED) is 0.383. The van der Waals surface area contributed by atoms with Gasteiger partial charge in [0.15, 0.2) is 5.58 Å². The molecule has 0 atom stereocenters. The average Bonchev–Trinajstić information content (AvgIpc) is 3.40. The molecular weight excluding hydrogens is 424 g/mol. The summed E-state index contributed by atoms with van der Waals surface area (Å²) in [6.45, 7) is 3.91. The number of aromatic amines is 1. The molecule has 0 aliphatic carbocycles. The van der Waals surface area contributed by atoms with Gasteiger partial charge in [-0.1, -0.05) is 35.9 Å². The van der Waals surface area contributed by atoms with Crippen LogP contribution in [0.2, 0.25) is 0 Å². The van der Waals surface area contributed by atoms with Gasteiger partial charge in [-0.15, -0.1) is 0 Å². The molecule has 0 unspecified atom stereocenters. The topological polar surface area (TPSA) is 101 Å². The van der Waals surface area contributed by atoms with Crippen molar-refractivity contribution in [1.82, 2.24) is 15.2 Å². The van der Waals surface area contributed by atoms with Gasteiger partial charge in [-0.25, -0.2) is 13.4 Å². The Balaban J connectivity index is 1.49.